The van der Waals surface area contributed by atoms with Gasteiger partial charge in [-0.2, -0.15) is 13.2 Å². The van der Waals surface area contributed by atoms with E-state index >= 15 is 0 Å². The molecular formula is C20H22F3N5O2. The molecule has 30 heavy (non-hydrogen) atoms. The predicted molar refractivity (Wildman–Crippen MR) is 102 cm³/mol. The Morgan fingerprint density at radius 1 is 1.33 bits per heavy atom. The zero-order chi connectivity index (χ0) is 21.7. The number of alkyl halides is 3. The van der Waals surface area contributed by atoms with Crippen LogP contribution in [0.5, 0.6) is 0 Å². The average Bonchev–Trinajstić information content (AvgIpc) is 2.71. The van der Waals surface area contributed by atoms with Crippen LogP contribution in [0.1, 0.15) is 23.2 Å². The van der Waals surface area contributed by atoms with Gasteiger partial charge >= 0.3 is 6.18 Å². The zero-order valence-corrected chi connectivity index (χ0v) is 16.4. The van der Waals surface area contributed by atoms with E-state index in [1.54, 1.807) is 30.3 Å². The van der Waals surface area contributed by atoms with Crippen molar-refractivity contribution in [3.8, 4) is 0 Å². The van der Waals surface area contributed by atoms with Crippen LogP contribution in [0.15, 0.2) is 42.9 Å². The topological polar surface area (TPSA) is 78.4 Å². The summed E-state index contributed by atoms with van der Waals surface area (Å²) in [5.41, 5.74) is 0.361. The molecule has 10 heteroatoms. The fourth-order valence-electron chi connectivity index (χ4n) is 3.32. The fourth-order valence-corrected chi connectivity index (χ4v) is 3.32. The van der Waals surface area contributed by atoms with Crippen molar-refractivity contribution in [3.05, 3.63) is 59.7 Å². The van der Waals surface area contributed by atoms with Gasteiger partial charge in [-0.25, -0.2) is 9.97 Å². The predicted octanol–water partition coefficient (Wildman–Crippen LogP) is 1.84. The van der Waals surface area contributed by atoms with Gasteiger partial charge in [0.1, 0.15) is 6.33 Å². The minimum absolute atomic E-state index is 0.0770. The number of benzene rings is 1. The van der Waals surface area contributed by atoms with Crippen LogP contribution in [-0.4, -0.2) is 57.8 Å². The van der Waals surface area contributed by atoms with Gasteiger partial charge < -0.3 is 10.2 Å². The summed E-state index contributed by atoms with van der Waals surface area (Å²) in [6.45, 7) is 1.23. The summed E-state index contributed by atoms with van der Waals surface area (Å²) in [5.74, 6) is -0.568. The molecule has 0 radical (unpaired) electrons. The summed E-state index contributed by atoms with van der Waals surface area (Å²) in [7, 11) is 1.61. The highest BCUT2D eigenvalue weighted by Gasteiger charge is 2.34. The highest BCUT2D eigenvalue weighted by molar-refractivity contribution is 5.88. The zero-order valence-electron chi connectivity index (χ0n) is 16.4. The maximum atomic E-state index is 13.0. The fraction of sp³-hybridized carbons (Fsp3) is 0.400. The summed E-state index contributed by atoms with van der Waals surface area (Å²) in [6, 6.07) is 5.95. The Hall–Kier alpha value is -3.01. The van der Waals surface area contributed by atoms with Crippen molar-refractivity contribution in [2.24, 2.45) is 0 Å². The molecule has 1 aromatic carbocycles. The Labute approximate surface area is 171 Å². The molecule has 1 N–H and O–H groups in total. The third-order valence-electron chi connectivity index (χ3n) is 4.92. The number of piperazine rings is 1. The van der Waals surface area contributed by atoms with Gasteiger partial charge in [0.25, 0.3) is 0 Å². The second-order valence-electron chi connectivity index (χ2n) is 7.13. The van der Waals surface area contributed by atoms with Gasteiger partial charge in [0.2, 0.25) is 11.8 Å². The number of hydrogen-bond donors (Lipinski definition) is 1. The second kappa shape index (κ2) is 9.21. The van der Waals surface area contributed by atoms with Gasteiger partial charge in [-0.05, 0) is 17.7 Å². The van der Waals surface area contributed by atoms with Gasteiger partial charge in [0.05, 0.1) is 30.3 Å². The van der Waals surface area contributed by atoms with Crippen molar-refractivity contribution in [3.63, 3.8) is 0 Å². The number of nitrogens with one attached hydrogen (secondary N) is 1. The minimum Gasteiger partial charge on any atom is -0.353 e. The number of carbonyl (C=O) groups is 2. The first-order chi connectivity index (χ1) is 14.2. The molecule has 1 fully saturated rings. The third-order valence-corrected chi connectivity index (χ3v) is 4.92. The molecule has 1 aliphatic heterocycles. The van der Waals surface area contributed by atoms with Crippen molar-refractivity contribution in [2.75, 3.05) is 20.1 Å². The minimum atomic E-state index is -4.44. The molecule has 0 aliphatic carbocycles. The first-order valence-corrected chi connectivity index (χ1v) is 9.41. The molecule has 1 saturated heterocycles. The molecule has 2 heterocycles. The average molecular weight is 421 g/mol. The molecule has 2 aromatic rings. The molecule has 3 rings (SSSR count). The molecule has 2 amide bonds. The summed E-state index contributed by atoms with van der Waals surface area (Å²) in [6.07, 6.45) is -1.55. The van der Waals surface area contributed by atoms with E-state index in [2.05, 4.69) is 15.3 Å². The highest BCUT2D eigenvalue weighted by atomic mass is 19.4. The molecule has 160 valence electrons. The molecule has 0 bridgehead atoms. The van der Waals surface area contributed by atoms with E-state index in [4.69, 9.17) is 0 Å². The van der Waals surface area contributed by atoms with E-state index in [0.717, 1.165) is 12.1 Å². The lowest BCUT2D eigenvalue weighted by molar-refractivity contribution is -0.138. The maximum absolute atomic E-state index is 13.0. The van der Waals surface area contributed by atoms with E-state index < -0.39 is 17.8 Å². The quantitative estimate of drug-likeness (QED) is 0.770. The highest BCUT2D eigenvalue weighted by Crippen LogP contribution is 2.30. The van der Waals surface area contributed by atoms with Crippen LogP contribution < -0.4 is 5.32 Å². The van der Waals surface area contributed by atoms with E-state index in [0.29, 0.717) is 24.3 Å². The molecule has 0 unspecified atom stereocenters. The molecule has 1 aromatic heterocycles. The van der Waals surface area contributed by atoms with Crippen molar-refractivity contribution in [1.82, 2.24) is 25.1 Å². The van der Waals surface area contributed by atoms with Crippen LogP contribution in [0.3, 0.4) is 0 Å². The van der Waals surface area contributed by atoms with Crippen molar-refractivity contribution >= 4 is 11.8 Å². The third kappa shape index (κ3) is 5.53. The lowest BCUT2D eigenvalue weighted by Gasteiger charge is -2.35. The summed E-state index contributed by atoms with van der Waals surface area (Å²) in [5, 5.41) is 2.73. The van der Waals surface area contributed by atoms with Gasteiger partial charge in [-0.1, -0.05) is 18.2 Å². The Bertz CT molecular complexity index is 892. The largest absolute Gasteiger partial charge is 0.416 e. The van der Waals surface area contributed by atoms with Gasteiger partial charge in [0, 0.05) is 32.9 Å². The van der Waals surface area contributed by atoms with Gasteiger partial charge in [-0.3, -0.25) is 14.5 Å². The van der Waals surface area contributed by atoms with Gasteiger partial charge in [0.15, 0.2) is 0 Å². The molecule has 7 nitrogen and oxygen atoms in total. The standard InChI is InChI=1S/C20H22F3N5O2/c1-27(12-16-5-6-24-13-26-16)18(29)10-17-19(30)25-7-8-28(17)11-14-3-2-4-15(9-14)20(21,22)23/h2-6,9,13,17H,7-8,10-12H2,1H3,(H,25,30)/t17-/m1/s1. The van der Waals surface area contributed by atoms with E-state index in [1.807, 2.05) is 0 Å². The van der Waals surface area contributed by atoms with Crippen LogP contribution in [-0.2, 0) is 28.9 Å². The lowest BCUT2D eigenvalue weighted by atomic mass is 10.0. The lowest BCUT2D eigenvalue weighted by Crippen LogP contribution is -2.56. The summed E-state index contributed by atoms with van der Waals surface area (Å²) >= 11 is 0. The van der Waals surface area contributed by atoms with Crippen LogP contribution in [0.4, 0.5) is 13.2 Å². The Balaban J connectivity index is 1.69. The Morgan fingerprint density at radius 3 is 2.83 bits per heavy atom. The van der Waals surface area contributed by atoms with E-state index in [9.17, 15) is 22.8 Å². The number of aromatic nitrogens is 2. The van der Waals surface area contributed by atoms with Crippen molar-refractivity contribution in [1.29, 1.82) is 0 Å². The Kier molecular flexibility index (Phi) is 6.66. The summed E-state index contributed by atoms with van der Waals surface area (Å²) < 4.78 is 39.0. The van der Waals surface area contributed by atoms with Gasteiger partial charge in [-0.15, -0.1) is 0 Å². The monoisotopic (exact) mass is 421 g/mol. The second-order valence-corrected chi connectivity index (χ2v) is 7.13. The van der Waals surface area contributed by atoms with E-state index in [1.165, 1.54) is 17.3 Å². The number of hydrogen-bond acceptors (Lipinski definition) is 5. The van der Waals surface area contributed by atoms with Crippen LogP contribution >= 0.6 is 0 Å². The summed E-state index contributed by atoms with van der Waals surface area (Å²) in [4.78, 5) is 36.2. The number of nitrogens with zero attached hydrogens (tertiary/aromatic N) is 4. The first kappa shape index (κ1) is 21.7. The molecule has 0 saturated carbocycles. The van der Waals surface area contributed by atoms with Crippen LogP contribution in [0, 0.1) is 0 Å². The molecule has 0 spiro atoms. The van der Waals surface area contributed by atoms with Crippen molar-refractivity contribution in [2.45, 2.75) is 31.7 Å². The first-order valence-electron chi connectivity index (χ1n) is 9.41. The maximum Gasteiger partial charge on any atom is 0.416 e. The molecule has 1 aliphatic rings. The Morgan fingerprint density at radius 2 is 2.13 bits per heavy atom. The van der Waals surface area contributed by atoms with Crippen LogP contribution in [0.25, 0.3) is 0 Å². The number of amides is 2. The molecular weight excluding hydrogens is 399 g/mol. The number of halogens is 3. The number of rotatable bonds is 6. The van der Waals surface area contributed by atoms with Crippen molar-refractivity contribution < 1.29 is 22.8 Å². The normalized spacial score (nSPS) is 17.5. The number of carbonyl (C=O) groups excluding carboxylic acids is 2. The molecule has 1 atom stereocenters. The SMILES string of the molecule is CN(Cc1ccncn1)C(=O)C[C@@H]1C(=O)NCCN1Cc1cccc(C(F)(F)F)c1. The smallest absolute Gasteiger partial charge is 0.353 e. The van der Waals surface area contributed by atoms with E-state index in [-0.39, 0.29) is 31.3 Å². The van der Waals surface area contributed by atoms with Crippen LogP contribution in [0.2, 0.25) is 0 Å².